The van der Waals surface area contributed by atoms with E-state index in [0.717, 1.165) is 11.8 Å². The molecule has 0 radical (unpaired) electrons. The van der Waals surface area contributed by atoms with Gasteiger partial charge in [0.25, 0.3) is 5.91 Å². The molecule has 1 fully saturated rings. The monoisotopic (exact) mass is 387 g/mol. The normalized spacial score (nSPS) is 24.7. The summed E-state index contributed by atoms with van der Waals surface area (Å²) in [7, 11) is -2.88. The van der Waals surface area contributed by atoms with E-state index < -0.39 is 56.3 Å². The molecule has 2 rings (SSSR count). The first-order valence-corrected chi connectivity index (χ1v) is 9.26. The topological polar surface area (TPSA) is 116 Å². The molecule has 1 saturated heterocycles. The summed E-state index contributed by atoms with van der Waals surface area (Å²) in [5, 5.41) is -1.41. The molecule has 2 aliphatic rings. The van der Waals surface area contributed by atoms with Gasteiger partial charge in [-0.1, -0.05) is 6.58 Å². The number of sulfone groups is 1. The lowest BCUT2D eigenvalue weighted by molar-refractivity contribution is -0.167. The van der Waals surface area contributed by atoms with E-state index in [1.807, 2.05) is 0 Å². The number of fused-ring (bicyclic) bond motifs is 1. The van der Waals surface area contributed by atoms with Crippen molar-refractivity contribution in [2.75, 3.05) is 13.7 Å². The van der Waals surface area contributed by atoms with Crippen LogP contribution in [0.2, 0.25) is 0 Å². The lowest BCUT2D eigenvalue weighted by Gasteiger charge is -2.48. The third-order valence-corrected chi connectivity index (χ3v) is 5.81. The number of esters is 2. The van der Waals surface area contributed by atoms with Crippen molar-refractivity contribution in [2.45, 2.75) is 44.8 Å². The zero-order chi connectivity index (χ0) is 20.0. The number of ether oxygens (including phenoxy) is 3. The van der Waals surface area contributed by atoms with E-state index in [-0.39, 0.29) is 11.3 Å². The summed E-state index contributed by atoms with van der Waals surface area (Å²) in [5.41, 5.74) is -1.38. The second-order valence-electron chi connectivity index (χ2n) is 6.83. The Balaban J connectivity index is 2.61. The van der Waals surface area contributed by atoms with Crippen molar-refractivity contribution < 1.29 is 37.0 Å². The van der Waals surface area contributed by atoms with Gasteiger partial charge in [-0.05, 0) is 20.8 Å². The van der Waals surface area contributed by atoms with Gasteiger partial charge in [-0.3, -0.25) is 14.5 Å². The molecule has 0 aromatic heterocycles. The van der Waals surface area contributed by atoms with Crippen LogP contribution in [-0.4, -0.2) is 62.0 Å². The van der Waals surface area contributed by atoms with E-state index in [9.17, 15) is 22.8 Å². The fourth-order valence-corrected chi connectivity index (χ4v) is 4.49. The predicted molar refractivity (Wildman–Crippen MR) is 89.0 cm³/mol. The zero-order valence-electron chi connectivity index (χ0n) is 15.2. The SMILES string of the molecule is C=C1C(COC(C)=O)=C(C(=O)OC(C)(C)C)N2C(=O)[C@H](OC)[C@H]2S1(=O)=O. The van der Waals surface area contributed by atoms with E-state index in [0.29, 0.717) is 0 Å². The number of methoxy groups -OCH3 is 1. The molecular weight excluding hydrogens is 366 g/mol. The Morgan fingerprint density at radius 1 is 1.27 bits per heavy atom. The summed E-state index contributed by atoms with van der Waals surface area (Å²) < 4.78 is 40.5. The van der Waals surface area contributed by atoms with Crippen LogP contribution in [0.1, 0.15) is 27.7 Å². The first-order chi connectivity index (χ1) is 11.8. The fourth-order valence-electron chi connectivity index (χ4n) is 2.66. The largest absolute Gasteiger partial charge is 0.461 e. The van der Waals surface area contributed by atoms with Crippen LogP contribution in [0.4, 0.5) is 0 Å². The highest BCUT2D eigenvalue weighted by atomic mass is 32.2. The van der Waals surface area contributed by atoms with Crippen molar-refractivity contribution in [3.8, 4) is 0 Å². The van der Waals surface area contributed by atoms with Gasteiger partial charge in [-0.25, -0.2) is 13.2 Å². The molecule has 144 valence electrons. The van der Waals surface area contributed by atoms with Gasteiger partial charge < -0.3 is 14.2 Å². The highest BCUT2D eigenvalue weighted by molar-refractivity contribution is 7.96. The molecule has 0 N–H and O–H groups in total. The number of carbonyl (C=O) groups excluding carboxylic acids is 3. The minimum Gasteiger partial charge on any atom is -0.461 e. The quantitative estimate of drug-likeness (QED) is 0.498. The maximum absolute atomic E-state index is 12.7. The number of amides is 1. The summed E-state index contributed by atoms with van der Waals surface area (Å²) in [5.74, 6) is -2.29. The predicted octanol–water partition coefficient (Wildman–Crippen LogP) is 0.271. The number of β-lactam (4-membered cyclic amide) rings is 1. The van der Waals surface area contributed by atoms with Crippen LogP contribution in [0, 0.1) is 0 Å². The highest BCUT2D eigenvalue weighted by Gasteiger charge is 2.62. The molecule has 1 amide bonds. The van der Waals surface area contributed by atoms with E-state index >= 15 is 0 Å². The Kier molecular flexibility index (Phi) is 5.04. The van der Waals surface area contributed by atoms with Crippen LogP contribution in [0.25, 0.3) is 0 Å². The van der Waals surface area contributed by atoms with E-state index in [1.165, 1.54) is 7.11 Å². The third kappa shape index (κ3) is 3.26. The van der Waals surface area contributed by atoms with E-state index in [2.05, 4.69) is 6.58 Å². The summed E-state index contributed by atoms with van der Waals surface area (Å²) in [6.07, 6.45) is -1.25. The fraction of sp³-hybridized carbons (Fsp3) is 0.562. The molecular formula is C16H21NO8S. The number of rotatable bonds is 4. The first-order valence-electron chi connectivity index (χ1n) is 7.72. The summed E-state index contributed by atoms with van der Waals surface area (Å²) in [6, 6.07) is 0. The third-order valence-electron chi connectivity index (χ3n) is 3.78. The molecule has 0 saturated carbocycles. The smallest absolute Gasteiger partial charge is 0.356 e. The molecule has 0 aromatic rings. The molecule has 2 aliphatic heterocycles. The minimum atomic E-state index is -4.08. The average Bonchev–Trinajstić information content (AvgIpc) is 2.47. The maximum atomic E-state index is 12.7. The number of hydrogen-bond acceptors (Lipinski definition) is 8. The second kappa shape index (κ2) is 6.51. The van der Waals surface area contributed by atoms with Crippen LogP contribution in [0.15, 0.2) is 22.8 Å². The Hall–Kier alpha value is -2.20. The van der Waals surface area contributed by atoms with Crippen LogP contribution >= 0.6 is 0 Å². The number of nitrogens with zero attached hydrogens (tertiary/aromatic N) is 1. The van der Waals surface area contributed by atoms with E-state index in [1.54, 1.807) is 20.8 Å². The van der Waals surface area contributed by atoms with Crippen molar-refractivity contribution in [3.05, 3.63) is 22.8 Å². The van der Waals surface area contributed by atoms with Gasteiger partial charge >= 0.3 is 11.9 Å². The summed E-state index contributed by atoms with van der Waals surface area (Å²) in [4.78, 5) is 36.6. The van der Waals surface area contributed by atoms with Gasteiger partial charge in [0.15, 0.2) is 11.5 Å². The van der Waals surface area contributed by atoms with Gasteiger partial charge in [-0.15, -0.1) is 0 Å². The molecule has 0 bridgehead atoms. The highest BCUT2D eigenvalue weighted by Crippen LogP contribution is 2.43. The average molecular weight is 387 g/mol. The summed E-state index contributed by atoms with van der Waals surface area (Å²) >= 11 is 0. The van der Waals surface area contributed by atoms with Crippen molar-refractivity contribution >= 4 is 27.7 Å². The van der Waals surface area contributed by atoms with Crippen molar-refractivity contribution in [1.29, 1.82) is 0 Å². The van der Waals surface area contributed by atoms with Crippen LogP contribution in [0.3, 0.4) is 0 Å². The zero-order valence-corrected chi connectivity index (χ0v) is 16.0. The van der Waals surface area contributed by atoms with Gasteiger partial charge in [0, 0.05) is 19.6 Å². The molecule has 2 heterocycles. The van der Waals surface area contributed by atoms with Gasteiger partial charge in [0.2, 0.25) is 9.84 Å². The molecule has 10 heteroatoms. The first kappa shape index (κ1) is 20.1. The molecule has 0 spiro atoms. The minimum absolute atomic E-state index is 0.186. The lowest BCUT2D eigenvalue weighted by atomic mass is 10.0. The molecule has 26 heavy (non-hydrogen) atoms. The Labute approximate surface area is 151 Å². The Morgan fingerprint density at radius 2 is 1.85 bits per heavy atom. The van der Waals surface area contributed by atoms with Crippen LogP contribution < -0.4 is 0 Å². The van der Waals surface area contributed by atoms with Gasteiger partial charge in [0.1, 0.15) is 17.9 Å². The number of carbonyl (C=O) groups is 3. The molecule has 0 unspecified atom stereocenters. The van der Waals surface area contributed by atoms with Gasteiger partial charge in [0.05, 0.1) is 4.91 Å². The standard InChI is InChI=1S/C16H21NO8S/c1-8-10(7-24-9(2)18)11(15(20)25-16(3,4)5)17-13(19)12(23-6)14(17)26(8,21)22/h12,14H,1,7H2,2-6H3/t12-,14+/m0/s1. The molecule has 0 aromatic carbocycles. The van der Waals surface area contributed by atoms with Crippen molar-refractivity contribution in [3.63, 3.8) is 0 Å². The molecule has 9 nitrogen and oxygen atoms in total. The second-order valence-corrected chi connectivity index (χ2v) is 8.90. The Morgan fingerprint density at radius 3 is 2.31 bits per heavy atom. The molecule has 2 atom stereocenters. The Bertz CT molecular complexity index is 818. The van der Waals surface area contributed by atoms with Crippen LogP contribution in [0.5, 0.6) is 0 Å². The van der Waals surface area contributed by atoms with Crippen LogP contribution in [-0.2, 0) is 38.4 Å². The van der Waals surface area contributed by atoms with E-state index in [4.69, 9.17) is 14.2 Å². The summed E-state index contributed by atoms with van der Waals surface area (Å²) in [6.45, 7) is 9.00. The van der Waals surface area contributed by atoms with Crippen molar-refractivity contribution in [1.82, 2.24) is 4.90 Å². The van der Waals surface area contributed by atoms with Gasteiger partial charge in [-0.2, -0.15) is 0 Å². The molecule has 0 aliphatic carbocycles. The number of hydrogen-bond donors (Lipinski definition) is 0. The van der Waals surface area contributed by atoms with Crippen molar-refractivity contribution in [2.24, 2.45) is 0 Å². The maximum Gasteiger partial charge on any atom is 0.356 e. The lowest BCUT2D eigenvalue weighted by Crippen LogP contribution is -2.70.